The van der Waals surface area contributed by atoms with Crippen molar-refractivity contribution in [3.63, 3.8) is 0 Å². The summed E-state index contributed by atoms with van der Waals surface area (Å²) in [5.41, 5.74) is 1.38. The Kier molecular flexibility index (Phi) is 2.93. The number of rotatable bonds is 3. The lowest BCUT2D eigenvalue weighted by molar-refractivity contribution is 0.0662. The molecule has 2 nitrogen and oxygen atoms in total. The molecule has 2 fully saturated rings. The van der Waals surface area contributed by atoms with Crippen molar-refractivity contribution in [3.05, 3.63) is 35.9 Å². The van der Waals surface area contributed by atoms with E-state index < -0.39 is 0 Å². The third kappa shape index (κ3) is 2.24. The van der Waals surface area contributed by atoms with Crippen LogP contribution in [-0.4, -0.2) is 23.9 Å². The maximum Gasteiger partial charge on any atom is 0.0625 e. The molecule has 1 aliphatic carbocycles. The van der Waals surface area contributed by atoms with E-state index in [0.29, 0.717) is 23.9 Å². The average molecular weight is 232 g/mol. The van der Waals surface area contributed by atoms with Gasteiger partial charge in [0.05, 0.1) is 18.8 Å². The molecule has 1 aliphatic heterocycles. The smallest absolute Gasteiger partial charge is 0.0625 e. The van der Waals surface area contributed by atoms with E-state index in [0.717, 1.165) is 19.4 Å². The highest BCUT2D eigenvalue weighted by atomic mass is 16.5. The first kappa shape index (κ1) is 11.2. The van der Waals surface area contributed by atoms with E-state index >= 15 is 0 Å². The lowest BCUT2D eigenvalue weighted by Gasteiger charge is -2.16. The molecule has 0 radical (unpaired) electrons. The molecule has 0 spiro atoms. The molecule has 1 aromatic rings. The van der Waals surface area contributed by atoms with E-state index in [9.17, 15) is 5.11 Å². The van der Waals surface area contributed by atoms with Gasteiger partial charge in [-0.05, 0) is 37.2 Å². The predicted octanol–water partition coefficient (Wildman–Crippen LogP) is 2.58. The van der Waals surface area contributed by atoms with E-state index in [-0.39, 0.29) is 6.10 Å². The standard InChI is InChI=1S/C15H20O2/c1-10-7-12(9-17-10)15(16)14-8-13(14)11-5-3-2-4-6-11/h2-6,10,12-16H,7-9H2,1H3. The summed E-state index contributed by atoms with van der Waals surface area (Å²) in [5.74, 6) is 1.38. The van der Waals surface area contributed by atoms with Crippen LogP contribution in [-0.2, 0) is 4.74 Å². The molecule has 92 valence electrons. The fourth-order valence-electron chi connectivity index (χ4n) is 3.11. The highest BCUT2D eigenvalue weighted by molar-refractivity contribution is 5.26. The fraction of sp³-hybridized carbons (Fsp3) is 0.600. The molecule has 1 heterocycles. The summed E-state index contributed by atoms with van der Waals surface area (Å²) in [5, 5.41) is 10.4. The normalized spacial score (nSPS) is 38.0. The van der Waals surface area contributed by atoms with Crippen molar-refractivity contribution in [2.75, 3.05) is 6.61 Å². The second kappa shape index (κ2) is 4.43. The summed E-state index contributed by atoms with van der Waals surface area (Å²) in [4.78, 5) is 0. The van der Waals surface area contributed by atoms with Gasteiger partial charge in [-0.3, -0.25) is 0 Å². The van der Waals surface area contributed by atoms with Crippen LogP contribution >= 0.6 is 0 Å². The third-order valence-corrected chi connectivity index (χ3v) is 4.22. The minimum atomic E-state index is -0.176. The number of benzene rings is 1. The number of ether oxygens (including phenoxy) is 1. The minimum absolute atomic E-state index is 0.176. The first-order valence-electron chi connectivity index (χ1n) is 6.60. The van der Waals surface area contributed by atoms with Crippen molar-refractivity contribution >= 4 is 0 Å². The molecule has 2 aliphatic rings. The predicted molar refractivity (Wildman–Crippen MR) is 66.8 cm³/mol. The highest BCUT2D eigenvalue weighted by Gasteiger charge is 2.47. The van der Waals surface area contributed by atoms with Crippen LogP contribution in [0.4, 0.5) is 0 Å². The van der Waals surface area contributed by atoms with Crippen LogP contribution in [0, 0.1) is 11.8 Å². The topological polar surface area (TPSA) is 29.5 Å². The van der Waals surface area contributed by atoms with Gasteiger partial charge in [0.2, 0.25) is 0 Å². The monoisotopic (exact) mass is 232 g/mol. The van der Waals surface area contributed by atoms with Crippen molar-refractivity contribution < 1.29 is 9.84 Å². The van der Waals surface area contributed by atoms with E-state index in [1.807, 2.05) is 6.07 Å². The Morgan fingerprint density at radius 2 is 2.00 bits per heavy atom. The molecule has 1 aromatic carbocycles. The molecule has 2 heteroatoms. The van der Waals surface area contributed by atoms with Crippen LogP contribution in [0.15, 0.2) is 30.3 Å². The van der Waals surface area contributed by atoms with Gasteiger partial charge in [-0.2, -0.15) is 0 Å². The van der Waals surface area contributed by atoms with Gasteiger partial charge in [0, 0.05) is 5.92 Å². The Balaban J connectivity index is 1.61. The van der Waals surface area contributed by atoms with Gasteiger partial charge >= 0.3 is 0 Å². The zero-order chi connectivity index (χ0) is 11.8. The zero-order valence-corrected chi connectivity index (χ0v) is 10.3. The number of aliphatic hydroxyl groups excluding tert-OH is 1. The number of hydrogen-bond acceptors (Lipinski definition) is 2. The van der Waals surface area contributed by atoms with E-state index in [2.05, 4.69) is 31.2 Å². The molecule has 0 amide bonds. The van der Waals surface area contributed by atoms with Gasteiger partial charge < -0.3 is 9.84 Å². The Hall–Kier alpha value is -0.860. The number of hydrogen-bond donors (Lipinski definition) is 1. The quantitative estimate of drug-likeness (QED) is 0.868. The fourth-order valence-corrected chi connectivity index (χ4v) is 3.11. The second-order valence-electron chi connectivity index (χ2n) is 5.55. The molecule has 1 N–H and O–H groups in total. The average Bonchev–Trinajstić information content (AvgIpc) is 3.05. The summed E-state index contributed by atoms with van der Waals surface area (Å²) in [6.45, 7) is 2.83. The number of aliphatic hydroxyl groups is 1. The minimum Gasteiger partial charge on any atom is -0.392 e. The van der Waals surface area contributed by atoms with Crippen LogP contribution in [0.2, 0.25) is 0 Å². The van der Waals surface area contributed by atoms with E-state index in [4.69, 9.17) is 4.74 Å². The molecule has 5 unspecified atom stereocenters. The van der Waals surface area contributed by atoms with Crippen molar-refractivity contribution in [2.24, 2.45) is 11.8 Å². The van der Waals surface area contributed by atoms with Gasteiger partial charge in [0.1, 0.15) is 0 Å². The van der Waals surface area contributed by atoms with Crippen LogP contribution < -0.4 is 0 Å². The van der Waals surface area contributed by atoms with E-state index in [1.165, 1.54) is 5.56 Å². The summed E-state index contributed by atoms with van der Waals surface area (Å²) < 4.78 is 5.55. The van der Waals surface area contributed by atoms with Gasteiger partial charge in [-0.1, -0.05) is 30.3 Å². The molecule has 17 heavy (non-hydrogen) atoms. The van der Waals surface area contributed by atoms with Crippen LogP contribution in [0.3, 0.4) is 0 Å². The van der Waals surface area contributed by atoms with Crippen molar-refractivity contribution in [2.45, 2.75) is 37.9 Å². The van der Waals surface area contributed by atoms with Crippen molar-refractivity contribution in [1.82, 2.24) is 0 Å². The molecule has 5 atom stereocenters. The molecular weight excluding hydrogens is 212 g/mol. The van der Waals surface area contributed by atoms with E-state index in [1.54, 1.807) is 0 Å². The summed E-state index contributed by atoms with van der Waals surface area (Å²) in [6.07, 6.45) is 2.30. The van der Waals surface area contributed by atoms with Gasteiger partial charge in [0.25, 0.3) is 0 Å². The maximum absolute atomic E-state index is 10.4. The van der Waals surface area contributed by atoms with Crippen LogP contribution in [0.5, 0.6) is 0 Å². The second-order valence-corrected chi connectivity index (χ2v) is 5.55. The highest BCUT2D eigenvalue weighted by Crippen LogP contribution is 2.51. The largest absolute Gasteiger partial charge is 0.392 e. The van der Waals surface area contributed by atoms with Gasteiger partial charge in [0.15, 0.2) is 0 Å². The first-order valence-corrected chi connectivity index (χ1v) is 6.60. The molecule has 1 saturated carbocycles. The summed E-state index contributed by atoms with van der Waals surface area (Å²) >= 11 is 0. The zero-order valence-electron chi connectivity index (χ0n) is 10.3. The molecule has 0 bridgehead atoms. The molecular formula is C15H20O2. The molecule has 1 saturated heterocycles. The van der Waals surface area contributed by atoms with Crippen LogP contribution in [0.25, 0.3) is 0 Å². The Morgan fingerprint density at radius 3 is 2.65 bits per heavy atom. The maximum atomic E-state index is 10.4. The summed E-state index contributed by atoms with van der Waals surface area (Å²) in [7, 11) is 0. The van der Waals surface area contributed by atoms with Gasteiger partial charge in [-0.15, -0.1) is 0 Å². The molecule has 0 aromatic heterocycles. The van der Waals surface area contributed by atoms with Crippen molar-refractivity contribution in [3.8, 4) is 0 Å². The lowest BCUT2D eigenvalue weighted by Crippen LogP contribution is -2.23. The summed E-state index contributed by atoms with van der Waals surface area (Å²) in [6, 6.07) is 10.6. The molecule has 3 rings (SSSR count). The lowest BCUT2D eigenvalue weighted by atomic mass is 9.94. The Morgan fingerprint density at radius 1 is 1.24 bits per heavy atom. The SMILES string of the molecule is CC1CC(C(O)C2CC2c2ccccc2)CO1. The Labute approximate surface area is 103 Å². The van der Waals surface area contributed by atoms with Crippen LogP contribution in [0.1, 0.15) is 31.2 Å². The van der Waals surface area contributed by atoms with Crippen molar-refractivity contribution in [1.29, 1.82) is 0 Å². The van der Waals surface area contributed by atoms with Gasteiger partial charge in [-0.25, -0.2) is 0 Å². The third-order valence-electron chi connectivity index (χ3n) is 4.22. The Bertz CT molecular complexity index is 376. The first-order chi connectivity index (χ1) is 8.25.